The molecule has 0 radical (unpaired) electrons. The van der Waals surface area contributed by atoms with E-state index < -0.39 is 0 Å². The molecule has 0 saturated carbocycles. The molecule has 0 spiro atoms. The summed E-state index contributed by atoms with van der Waals surface area (Å²) in [5, 5.41) is 2.55. The minimum absolute atomic E-state index is 0.656. The molecular weight excluding hydrogens is 330 g/mol. The largest absolute Gasteiger partial charge is 0.496 e. The first kappa shape index (κ1) is 16.8. The molecule has 0 aromatic heterocycles. The Morgan fingerprint density at radius 2 is 1.59 bits per heavy atom. The van der Waals surface area contributed by atoms with E-state index in [9.17, 15) is 0 Å². The summed E-state index contributed by atoms with van der Waals surface area (Å²) in [5.41, 5.74) is 4.57. The van der Waals surface area contributed by atoms with Gasteiger partial charge in [-0.25, -0.2) is 0 Å². The lowest BCUT2D eigenvalue weighted by atomic mass is 9.80. The van der Waals surface area contributed by atoms with Gasteiger partial charge in [-0.1, -0.05) is 54.6 Å². The van der Waals surface area contributed by atoms with E-state index in [2.05, 4.69) is 65.6 Å². The first-order valence-corrected chi connectivity index (χ1v) is 10.2. The fraction of sp³-hybridized carbons (Fsp3) is 0.360. The van der Waals surface area contributed by atoms with Gasteiger partial charge in [0.15, 0.2) is 0 Å². The van der Waals surface area contributed by atoms with Crippen molar-refractivity contribution in [1.82, 2.24) is 4.90 Å². The van der Waals surface area contributed by atoms with Gasteiger partial charge in [-0.15, -0.1) is 0 Å². The number of benzene rings is 3. The van der Waals surface area contributed by atoms with Gasteiger partial charge in [-0.2, -0.15) is 0 Å². The molecule has 1 saturated heterocycles. The first-order valence-electron chi connectivity index (χ1n) is 10.2. The summed E-state index contributed by atoms with van der Waals surface area (Å²) in [6.07, 6.45) is 5.13. The monoisotopic (exact) mass is 357 g/mol. The molecule has 2 bridgehead atoms. The van der Waals surface area contributed by atoms with Gasteiger partial charge in [-0.3, -0.25) is 4.90 Å². The minimum Gasteiger partial charge on any atom is -0.496 e. The quantitative estimate of drug-likeness (QED) is 0.636. The molecule has 3 aliphatic rings. The highest BCUT2D eigenvalue weighted by Gasteiger charge is 2.32. The van der Waals surface area contributed by atoms with Crippen molar-refractivity contribution >= 4 is 10.8 Å². The van der Waals surface area contributed by atoms with Crippen molar-refractivity contribution < 1.29 is 4.74 Å². The van der Waals surface area contributed by atoms with Crippen molar-refractivity contribution in [1.29, 1.82) is 0 Å². The van der Waals surface area contributed by atoms with Crippen molar-refractivity contribution in [3.63, 3.8) is 0 Å². The van der Waals surface area contributed by atoms with Crippen LogP contribution in [0.4, 0.5) is 0 Å². The second-order valence-electron chi connectivity index (χ2n) is 8.18. The first-order chi connectivity index (χ1) is 13.3. The van der Waals surface area contributed by atoms with Crippen molar-refractivity contribution in [3.05, 3.63) is 77.4 Å². The van der Waals surface area contributed by atoms with E-state index in [1.165, 1.54) is 48.6 Å². The second-order valence-corrected chi connectivity index (χ2v) is 8.18. The highest BCUT2D eigenvalue weighted by molar-refractivity contribution is 5.91. The van der Waals surface area contributed by atoms with Gasteiger partial charge in [0.25, 0.3) is 0 Å². The molecule has 3 aromatic carbocycles. The van der Waals surface area contributed by atoms with Crippen LogP contribution in [0.5, 0.6) is 5.75 Å². The molecule has 6 rings (SSSR count). The lowest BCUT2D eigenvalue weighted by Gasteiger charge is -2.42. The van der Waals surface area contributed by atoms with Crippen molar-refractivity contribution in [2.24, 2.45) is 5.92 Å². The molecule has 0 amide bonds. The molecule has 2 heterocycles. The Morgan fingerprint density at radius 3 is 2.41 bits per heavy atom. The van der Waals surface area contributed by atoms with E-state index in [0.29, 0.717) is 6.04 Å². The zero-order chi connectivity index (χ0) is 18.2. The Morgan fingerprint density at radius 1 is 0.852 bits per heavy atom. The maximum absolute atomic E-state index is 5.58. The smallest absolute Gasteiger partial charge is 0.126 e. The fourth-order valence-corrected chi connectivity index (χ4v) is 5.16. The summed E-state index contributed by atoms with van der Waals surface area (Å²) in [6.45, 7) is 2.26. The maximum atomic E-state index is 5.58. The Hall–Kier alpha value is -2.32. The summed E-state index contributed by atoms with van der Waals surface area (Å²) in [4.78, 5) is 2.75. The van der Waals surface area contributed by atoms with Gasteiger partial charge in [0.2, 0.25) is 0 Å². The van der Waals surface area contributed by atoms with Crippen molar-refractivity contribution in [3.8, 4) is 5.75 Å². The molecule has 2 aliphatic heterocycles. The van der Waals surface area contributed by atoms with E-state index in [4.69, 9.17) is 4.74 Å². The molecule has 0 N–H and O–H groups in total. The summed E-state index contributed by atoms with van der Waals surface area (Å²) in [6, 6.07) is 22.8. The molecule has 3 aromatic rings. The molecule has 1 aliphatic carbocycles. The Labute approximate surface area is 161 Å². The number of hydrogen-bond acceptors (Lipinski definition) is 2. The lowest BCUT2D eigenvalue weighted by Crippen LogP contribution is -2.46. The highest BCUT2D eigenvalue weighted by atomic mass is 16.5. The van der Waals surface area contributed by atoms with Crippen LogP contribution in [-0.4, -0.2) is 24.6 Å². The normalized spacial score (nSPS) is 22.3. The van der Waals surface area contributed by atoms with Crippen molar-refractivity contribution in [2.75, 3.05) is 13.7 Å². The molecular formula is C25H27NO. The number of nitrogens with zero attached hydrogens (tertiary/aromatic N) is 1. The molecule has 2 heteroatoms. The minimum atomic E-state index is 0.656. The molecule has 2 nitrogen and oxygen atoms in total. The van der Waals surface area contributed by atoms with Gasteiger partial charge < -0.3 is 4.74 Å². The zero-order valence-electron chi connectivity index (χ0n) is 16.0. The number of fused-ring (bicyclic) bond motifs is 3. The third-order valence-electron chi connectivity index (χ3n) is 6.57. The number of ether oxygens (including phenoxy) is 1. The predicted octanol–water partition coefficient (Wildman–Crippen LogP) is 5.23. The third kappa shape index (κ3) is 3.12. The van der Waals surface area contributed by atoms with Crippen LogP contribution in [0, 0.1) is 5.92 Å². The van der Waals surface area contributed by atoms with Crippen LogP contribution in [0.25, 0.3) is 10.8 Å². The standard InChI is InChI=1S/C25H27NO/c1-27-25-13-11-21(23-8-4-5-9-24(23)25)17-26-16-18-10-12-22(26)15-20-7-3-2-6-19(20)14-18/h2-9,11,13,18,22H,10,12,14-17H2,1H3/t18-,22+/m0/s1. The number of methoxy groups -OCH3 is 1. The van der Waals surface area contributed by atoms with Gasteiger partial charge in [0.05, 0.1) is 7.11 Å². The van der Waals surface area contributed by atoms with E-state index in [0.717, 1.165) is 18.2 Å². The van der Waals surface area contributed by atoms with E-state index in [1.807, 2.05) is 0 Å². The van der Waals surface area contributed by atoms with Gasteiger partial charge >= 0.3 is 0 Å². The summed E-state index contributed by atoms with van der Waals surface area (Å²) >= 11 is 0. The summed E-state index contributed by atoms with van der Waals surface area (Å²) in [5.74, 6) is 1.75. The van der Waals surface area contributed by atoms with E-state index in [-0.39, 0.29) is 0 Å². The molecule has 0 unspecified atom stereocenters. The van der Waals surface area contributed by atoms with Crippen LogP contribution in [-0.2, 0) is 19.4 Å². The van der Waals surface area contributed by atoms with Crippen molar-refractivity contribution in [2.45, 2.75) is 38.3 Å². The molecule has 27 heavy (non-hydrogen) atoms. The second kappa shape index (κ2) is 7.01. The van der Waals surface area contributed by atoms with E-state index in [1.54, 1.807) is 18.2 Å². The van der Waals surface area contributed by atoms with E-state index >= 15 is 0 Å². The lowest BCUT2D eigenvalue weighted by molar-refractivity contribution is 0.0942. The Bertz CT molecular complexity index is 963. The average molecular weight is 357 g/mol. The zero-order valence-corrected chi connectivity index (χ0v) is 16.0. The van der Waals surface area contributed by atoms with Crippen LogP contribution < -0.4 is 4.74 Å². The van der Waals surface area contributed by atoms with Crippen LogP contribution in [0.1, 0.15) is 29.5 Å². The van der Waals surface area contributed by atoms with Crippen LogP contribution in [0.15, 0.2) is 60.7 Å². The molecule has 1 fully saturated rings. The molecule has 2 atom stereocenters. The van der Waals surface area contributed by atoms with Gasteiger partial charge in [0.1, 0.15) is 5.75 Å². The van der Waals surface area contributed by atoms with Gasteiger partial charge in [0, 0.05) is 24.5 Å². The maximum Gasteiger partial charge on any atom is 0.126 e. The Balaban J connectivity index is 1.48. The van der Waals surface area contributed by atoms with Crippen LogP contribution in [0.2, 0.25) is 0 Å². The number of rotatable bonds is 3. The SMILES string of the molecule is COc1ccc(CN2C[C@H]3CC[C@@H]2Cc2ccccc2C3)c2ccccc12. The number of hydrogen-bond donors (Lipinski definition) is 0. The third-order valence-corrected chi connectivity index (χ3v) is 6.57. The summed E-state index contributed by atoms with van der Waals surface area (Å²) < 4.78 is 5.58. The highest BCUT2D eigenvalue weighted by Crippen LogP contribution is 2.35. The van der Waals surface area contributed by atoms with Crippen LogP contribution >= 0.6 is 0 Å². The topological polar surface area (TPSA) is 12.5 Å². The Kier molecular flexibility index (Phi) is 4.37. The average Bonchev–Trinajstić information content (AvgIpc) is 2.69. The predicted molar refractivity (Wildman–Crippen MR) is 111 cm³/mol. The number of piperidine rings is 1. The summed E-state index contributed by atoms with van der Waals surface area (Å²) in [7, 11) is 1.76. The molecule has 138 valence electrons. The fourth-order valence-electron chi connectivity index (χ4n) is 5.16. The van der Waals surface area contributed by atoms with Crippen LogP contribution in [0.3, 0.4) is 0 Å². The van der Waals surface area contributed by atoms with Gasteiger partial charge in [-0.05, 0) is 59.7 Å².